The van der Waals surface area contributed by atoms with E-state index in [1.165, 1.54) is 0 Å². The lowest BCUT2D eigenvalue weighted by Crippen LogP contribution is -2.33. The molecule has 0 N–H and O–H groups in total. The second-order valence-electron chi connectivity index (χ2n) is 8.96. The van der Waals surface area contributed by atoms with Gasteiger partial charge < -0.3 is 14.2 Å². The number of hydrogen-bond donors (Lipinski definition) is 0. The molecule has 0 radical (unpaired) electrons. The van der Waals surface area contributed by atoms with E-state index in [2.05, 4.69) is 13.2 Å². The molecule has 33 heavy (non-hydrogen) atoms. The molecular weight excluding hydrogens is 416 g/mol. The predicted molar refractivity (Wildman–Crippen MR) is 125 cm³/mol. The van der Waals surface area contributed by atoms with Crippen molar-refractivity contribution in [3.05, 3.63) is 95.8 Å². The van der Waals surface area contributed by atoms with Crippen LogP contribution in [0.2, 0.25) is 0 Å². The number of benzene rings is 2. The van der Waals surface area contributed by atoms with Crippen LogP contribution in [0, 0.1) is 5.92 Å². The molecule has 0 amide bonds. The third-order valence-electron chi connectivity index (χ3n) is 6.59. The van der Waals surface area contributed by atoms with E-state index >= 15 is 0 Å². The minimum atomic E-state index is -0.572. The zero-order valence-corrected chi connectivity index (χ0v) is 18.6. The fraction of sp³-hybridized carbons (Fsp3) is 0.286. The van der Waals surface area contributed by atoms with Crippen LogP contribution in [0.15, 0.2) is 90.3 Å². The van der Waals surface area contributed by atoms with Gasteiger partial charge in [-0.2, -0.15) is 0 Å². The number of carbonyl (C=O) groups excluding carboxylic acids is 2. The summed E-state index contributed by atoms with van der Waals surface area (Å²) in [5.41, 5.74) is 3.17. The Hall–Kier alpha value is -3.60. The van der Waals surface area contributed by atoms with E-state index in [9.17, 15) is 9.59 Å². The van der Waals surface area contributed by atoms with E-state index in [-0.39, 0.29) is 30.4 Å². The summed E-state index contributed by atoms with van der Waals surface area (Å²) < 4.78 is 17.5. The highest BCUT2D eigenvalue weighted by molar-refractivity contribution is 5.91. The number of carbonyl (C=O) groups is 2. The van der Waals surface area contributed by atoms with Gasteiger partial charge in [0.2, 0.25) is 0 Å². The zero-order chi connectivity index (χ0) is 23.1. The van der Waals surface area contributed by atoms with Gasteiger partial charge in [-0.05, 0) is 41.0 Å². The summed E-state index contributed by atoms with van der Waals surface area (Å²) in [6, 6.07) is 13.9. The first-order chi connectivity index (χ1) is 15.9. The van der Waals surface area contributed by atoms with E-state index in [4.69, 9.17) is 14.2 Å². The molecule has 3 aliphatic rings. The Morgan fingerprint density at radius 2 is 1.85 bits per heavy atom. The molecule has 2 aromatic rings. The molecule has 1 fully saturated rings. The molecule has 5 rings (SSSR count). The Bertz CT molecular complexity index is 1230. The molecule has 1 aliphatic carbocycles. The van der Waals surface area contributed by atoms with Crippen molar-refractivity contribution in [3.63, 3.8) is 0 Å². The topological polar surface area (TPSA) is 61.8 Å². The SMILES string of the molecule is C=C1OC2CC3=C[C@@H](C/C(C)=C/[C@H](OC(=O)Cc4cccc5ccccc45)[C@@H]2C1=C)OC3=O. The highest BCUT2D eigenvalue weighted by atomic mass is 16.6. The van der Waals surface area contributed by atoms with Crippen LogP contribution in [0.5, 0.6) is 0 Å². The van der Waals surface area contributed by atoms with Gasteiger partial charge in [0.25, 0.3) is 0 Å². The van der Waals surface area contributed by atoms with Crippen molar-refractivity contribution in [2.24, 2.45) is 5.92 Å². The fourth-order valence-electron chi connectivity index (χ4n) is 5.00. The average Bonchev–Trinajstić information content (AvgIpc) is 3.25. The van der Waals surface area contributed by atoms with E-state index in [1.807, 2.05) is 61.5 Å². The van der Waals surface area contributed by atoms with E-state index in [0.717, 1.165) is 21.9 Å². The Balaban J connectivity index is 1.43. The Labute approximate surface area is 193 Å². The maximum absolute atomic E-state index is 13.1. The number of allylic oxidation sites excluding steroid dienone is 1. The monoisotopic (exact) mass is 442 g/mol. The quantitative estimate of drug-likeness (QED) is 0.496. The summed E-state index contributed by atoms with van der Waals surface area (Å²) in [6.45, 7) is 10.1. The van der Waals surface area contributed by atoms with Crippen LogP contribution in [0.4, 0.5) is 0 Å². The van der Waals surface area contributed by atoms with Gasteiger partial charge in [0.1, 0.15) is 24.1 Å². The standard InChI is InChI=1S/C28H26O5/c1-16-11-22-13-21(28(30)32-22)14-25-27(17(2)18(3)31-25)24(12-16)33-26(29)15-20-9-6-8-19-7-4-5-10-23(19)20/h4-10,12-13,22,24-25,27H,2-3,11,14-15H2,1H3/b16-12+/t22-,24+,25?,27+/m1/s1. The lowest BCUT2D eigenvalue weighted by molar-refractivity contribution is -0.148. The molecule has 2 aromatic carbocycles. The smallest absolute Gasteiger partial charge is 0.334 e. The minimum absolute atomic E-state index is 0.159. The van der Waals surface area contributed by atoms with Gasteiger partial charge in [-0.15, -0.1) is 0 Å². The maximum Gasteiger partial charge on any atom is 0.334 e. The highest BCUT2D eigenvalue weighted by Gasteiger charge is 2.44. The molecule has 5 nitrogen and oxygen atoms in total. The number of esters is 2. The van der Waals surface area contributed by atoms with Gasteiger partial charge in [0.15, 0.2) is 0 Å². The summed E-state index contributed by atoms with van der Waals surface area (Å²) >= 11 is 0. The predicted octanol–water partition coefficient (Wildman–Crippen LogP) is 4.97. The maximum atomic E-state index is 13.1. The van der Waals surface area contributed by atoms with Crippen LogP contribution in [-0.2, 0) is 30.2 Å². The molecule has 5 heteroatoms. The molecule has 0 saturated carbocycles. The summed E-state index contributed by atoms with van der Waals surface area (Å²) in [6.07, 6.45) is 3.61. The Morgan fingerprint density at radius 3 is 2.70 bits per heavy atom. The first-order valence-corrected chi connectivity index (χ1v) is 11.2. The molecule has 0 spiro atoms. The molecule has 168 valence electrons. The van der Waals surface area contributed by atoms with Crippen LogP contribution in [0.25, 0.3) is 10.8 Å². The van der Waals surface area contributed by atoms with Crippen LogP contribution in [0.3, 0.4) is 0 Å². The Morgan fingerprint density at radius 1 is 1.06 bits per heavy atom. The molecular formula is C28H26O5. The van der Waals surface area contributed by atoms with Crippen molar-refractivity contribution in [2.45, 2.75) is 44.5 Å². The van der Waals surface area contributed by atoms with Crippen molar-refractivity contribution in [2.75, 3.05) is 0 Å². The molecule has 4 atom stereocenters. The van der Waals surface area contributed by atoms with Crippen LogP contribution in [0.1, 0.15) is 25.3 Å². The first kappa shape index (κ1) is 21.3. The average molecular weight is 443 g/mol. The van der Waals surface area contributed by atoms with Crippen molar-refractivity contribution >= 4 is 22.7 Å². The van der Waals surface area contributed by atoms with Crippen LogP contribution >= 0.6 is 0 Å². The summed E-state index contributed by atoms with van der Waals surface area (Å²) in [7, 11) is 0. The van der Waals surface area contributed by atoms with Gasteiger partial charge in [0.05, 0.1) is 12.3 Å². The summed E-state index contributed by atoms with van der Waals surface area (Å²) in [5.74, 6) is -0.496. The van der Waals surface area contributed by atoms with E-state index in [1.54, 1.807) is 0 Å². The molecule has 1 unspecified atom stereocenters. The minimum Gasteiger partial charge on any atom is -0.490 e. The van der Waals surface area contributed by atoms with E-state index < -0.39 is 12.2 Å². The van der Waals surface area contributed by atoms with Gasteiger partial charge in [0, 0.05) is 18.4 Å². The number of ether oxygens (including phenoxy) is 3. The molecule has 0 aromatic heterocycles. The zero-order valence-electron chi connectivity index (χ0n) is 18.6. The third-order valence-corrected chi connectivity index (χ3v) is 6.59. The van der Waals surface area contributed by atoms with Gasteiger partial charge in [-0.1, -0.05) is 61.2 Å². The lowest BCUT2D eigenvalue weighted by Gasteiger charge is -2.26. The number of rotatable bonds is 3. The van der Waals surface area contributed by atoms with Gasteiger partial charge in [-0.3, -0.25) is 4.79 Å². The third kappa shape index (κ3) is 4.11. The van der Waals surface area contributed by atoms with Crippen LogP contribution < -0.4 is 0 Å². The second-order valence-corrected chi connectivity index (χ2v) is 8.96. The van der Waals surface area contributed by atoms with E-state index in [0.29, 0.717) is 29.7 Å². The Kier molecular flexibility index (Phi) is 5.41. The van der Waals surface area contributed by atoms with Crippen molar-refractivity contribution in [1.82, 2.24) is 0 Å². The van der Waals surface area contributed by atoms with Crippen molar-refractivity contribution < 1.29 is 23.8 Å². The normalized spacial score (nSPS) is 28.3. The summed E-state index contributed by atoms with van der Waals surface area (Å²) in [5, 5.41) is 2.12. The lowest BCUT2D eigenvalue weighted by atomic mass is 9.85. The highest BCUT2D eigenvalue weighted by Crippen LogP contribution is 2.42. The van der Waals surface area contributed by atoms with Crippen LogP contribution in [-0.4, -0.2) is 30.3 Å². The molecule has 1 saturated heterocycles. The summed E-state index contributed by atoms with van der Waals surface area (Å²) in [4.78, 5) is 25.4. The van der Waals surface area contributed by atoms with Gasteiger partial charge in [-0.25, -0.2) is 4.79 Å². The molecule has 2 aliphatic heterocycles. The second kappa shape index (κ2) is 8.39. The largest absolute Gasteiger partial charge is 0.490 e. The molecule has 2 heterocycles. The first-order valence-electron chi connectivity index (χ1n) is 11.2. The number of fused-ring (bicyclic) bond motifs is 3. The van der Waals surface area contributed by atoms with Crippen molar-refractivity contribution in [1.29, 1.82) is 0 Å². The van der Waals surface area contributed by atoms with Gasteiger partial charge >= 0.3 is 11.9 Å². The number of hydrogen-bond acceptors (Lipinski definition) is 5. The van der Waals surface area contributed by atoms with Crippen molar-refractivity contribution in [3.8, 4) is 0 Å². The molecule has 2 bridgehead atoms. The fourth-order valence-corrected chi connectivity index (χ4v) is 5.00.